The van der Waals surface area contributed by atoms with Crippen molar-refractivity contribution in [2.45, 2.75) is 90.1 Å². The van der Waals surface area contributed by atoms with Gasteiger partial charge in [0.25, 0.3) is 0 Å². The molecule has 0 radical (unpaired) electrons. The molecule has 0 aromatic carbocycles. The Morgan fingerprint density at radius 1 is 1.00 bits per heavy atom. The van der Waals surface area contributed by atoms with Crippen LogP contribution >= 0.6 is 0 Å². The molecule has 1 heteroatoms. The van der Waals surface area contributed by atoms with E-state index >= 15 is 0 Å². The third-order valence-electron chi connectivity index (χ3n) is 4.69. The summed E-state index contributed by atoms with van der Waals surface area (Å²) in [6, 6.07) is 1.58. The molecule has 2 rings (SSSR count). The van der Waals surface area contributed by atoms with Crippen LogP contribution in [0, 0.1) is 11.8 Å². The standard InChI is InChI=1S/C16H31N/c1-3-5-14-6-4-7-16(11-10-14)17-13(2)12-15-8-9-15/h13-17H,3-12H2,1-2H3. The molecule has 2 aliphatic rings. The summed E-state index contributed by atoms with van der Waals surface area (Å²) in [6.07, 6.45) is 14.5. The predicted octanol–water partition coefficient (Wildman–Crippen LogP) is 4.51. The van der Waals surface area contributed by atoms with Crippen molar-refractivity contribution >= 4 is 0 Å². The van der Waals surface area contributed by atoms with Crippen molar-refractivity contribution in [3.8, 4) is 0 Å². The molecule has 0 amide bonds. The number of nitrogens with one attached hydrogen (secondary N) is 1. The van der Waals surface area contributed by atoms with E-state index in [9.17, 15) is 0 Å². The molecule has 3 atom stereocenters. The van der Waals surface area contributed by atoms with Crippen molar-refractivity contribution in [2.24, 2.45) is 11.8 Å². The quantitative estimate of drug-likeness (QED) is 0.670. The summed E-state index contributed by atoms with van der Waals surface area (Å²) in [4.78, 5) is 0. The van der Waals surface area contributed by atoms with Gasteiger partial charge in [0.05, 0.1) is 0 Å². The molecule has 1 nitrogen and oxygen atoms in total. The summed E-state index contributed by atoms with van der Waals surface area (Å²) in [5.41, 5.74) is 0. The highest BCUT2D eigenvalue weighted by molar-refractivity contribution is 4.82. The van der Waals surface area contributed by atoms with Crippen LogP contribution in [-0.2, 0) is 0 Å². The zero-order valence-electron chi connectivity index (χ0n) is 11.9. The molecule has 100 valence electrons. The van der Waals surface area contributed by atoms with Gasteiger partial charge in [0.15, 0.2) is 0 Å². The lowest BCUT2D eigenvalue weighted by Crippen LogP contribution is -2.36. The SMILES string of the molecule is CCCC1CCCC(NC(C)CC2CC2)CC1. The maximum absolute atomic E-state index is 3.89. The third-order valence-corrected chi connectivity index (χ3v) is 4.69. The first-order valence-corrected chi connectivity index (χ1v) is 8.04. The van der Waals surface area contributed by atoms with E-state index in [1.54, 1.807) is 0 Å². The second-order valence-electron chi connectivity index (χ2n) is 6.61. The van der Waals surface area contributed by atoms with E-state index in [-0.39, 0.29) is 0 Å². The van der Waals surface area contributed by atoms with E-state index < -0.39 is 0 Å². The average molecular weight is 237 g/mol. The zero-order valence-corrected chi connectivity index (χ0v) is 11.9. The maximum atomic E-state index is 3.89. The van der Waals surface area contributed by atoms with Crippen LogP contribution in [0.4, 0.5) is 0 Å². The van der Waals surface area contributed by atoms with Crippen LogP contribution in [0.15, 0.2) is 0 Å². The Balaban J connectivity index is 1.66. The second-order valence-corrected chi connectivity index (χ2v) is 6.61. The molecule has 0 spiro atoms. The van der Waals surface area contributed by atoms with Crippen LogP contribution in [-0.4, -0.2) is 12.1 Å². The summed E-state index contributed by atoms with van der Waals surface area (Å²) in [5.74, 6) is 2.10. The van der Waals surface area contributed by atoms with Crippen molar-refractivity contribution in [1.29, 1.82) is 0 Å². The summed E-state index contributed by atoms with van der Waals surface area (Å²) in [6.45, 7) is 4.73. The van der Waals surface area contributed by atoms with Gasteiger partial charge in [-0.3, -0.25) is 0 Å². The molecule has 1 N–H and O–H groups in total. The van der Waals surface area contributed by atoms with E-state index in [0.717, 1.165) is 23.9 Å². The van der Waals surface area contributed by atoms with Gasteiger partial charge < -0.3 is 5.32 Å². The lowest BCUT2D eigenvalue weighted by Gasteiger charge is -2.22. The largest absolute Gasteiger partial charge is 0.311 e. The highest BCUT2D eigenvalue weighted by atomic mass is 14.9. The van der Waals surface area contributed by atoms with Crippen molar-refractivity contribution in [1.82, 2.24) is 5.32 Å². The molecule has 0 aliphatic heterocycles. The van der Waals surface area contributed by atoms with Gasteiger partial charge in [-0.05, 0) is 44.4 Å². The molecule has 2 saturated carbocycles. The minimum absolute atomic E-state index is 0.759. The lowest BCUT2D eigenvalue weighted by molar-refractivity contribution is 0.373. The van der Waals surface area contributed by atoms with Crippen LogP contribution in [0.25, 0.3) is 0 Å². The molecular weight excluding hydrogens is 206 g/mol. The topological polar surface area (TPSA) is 12.0 Å². The fourth-order valence-corrected chi connectivity index (χ4v) is 3.57. The average Bonchev–Trinajstić information content (AvgIpc) is 3.09. The molecule has 2 fully saturated rings. The molecule has 0 saturated heterocycles. The van der Waals surface area contributed by atoms with Crippen LogP contribution < -0.4 is 5.32 Å². The Labute approximate surface area is 108 Å². The van der Waals surface area contributed by atoms with Crippen LogP contribution in [0.3, 0.4) is 0 Å². The van der Waals surface area contributed by atoms with E-state index in [4.69, 9.17) is 0 Å². The van der Waals surface area contributed by atoms with Gasteiger partial charge in [-0.25, -0.2) is 0 Å². The first-order valence-electron chi connectivity index (χ1n) is 8.04. The fourth-order valence-electron chi connectivity index (χ4n) is 3.57. The maximum Gasteiger partial charge on any atom is 0.00696 e. The van der Waals surface area contributed by atoms with Gasteiger partial charge in [-0.1, -0.05) is 45.4 Å². The molecule has 0 heterocycles. The van der Waals surface area contributed by atoms with Gasteiger partial charge in [-0.15, -0.1) is 0 Å². The summed E-state index contributed by atoms with van der Waals surface area (Å²) in [7, 11) is 0. The molecule has 2 aliphatic carbocycles. The normalized spacial score (nSPS) is 32.1. The van der Waals surface area contributed by atoms with E-state index in [1.807, 2.05) is 0 Å². The highest BCUT2D eigenvalue weighted by Gasteiger charge is 2.25. The van der Waals surface area contributed by atoms with E-state index in [2.05, 4.69) is 19.2 Å². The van der Waals surface area contributed by atoms with Crippen molar-refractivity contribution in [3.05, 3.63) is 0 Å². The molecule has 0 aromatic heterocycles. The van der Waals surface area contributed by atoms with Crippen LogP contribution in [0.2, 0.25) is 0 Å². The lowest BCUT2D eigenvalue weighted by atomic mass is 9.95. The van der Waals surface area contributed by atoms with Crippen molar-refractivity contribution in [3.63, 3.8) is 0 Å². The van der Waals surface area contributed by atoms with Gasteiger partial charge in [-0.2, -0.15) is 0 Å². The first-order chi connectivity index (χ1) is 8.28. The second kappa shape index (κ2) is 6.78. The Kier molecular flexibility index (Phi) is 5.34. The van der Waals surface area contributed by atoms with Crippen LogP contribution in [0.5, 0.6) is 0 Å². The summed E-state index contributed by atoms with van der Waals surface area (Å²) in [5, 5.41) is 3.89. The third kappa shape index (κ3) is 4.99. The smallest absolute Gasteiger partial charge is 0.00696 e. The molecular formula is C16H31N. The minimum Gasteiger partial charge on any atom is -0.311 e. The molecule has 3 unspecified atom stereocenters. The van der Waals surface area contributed by atoms with Crippen molar-refractivity contribution < 1.29 is 0 Å². The van der Waals surface area contributed by atoms with E-state index in [0.29, 0.717) is 0 Å². The number of hydrogen-bond acceptors (Lipinski definition) is 1. The Morgan fingerprint density at radius 2 is 1.76 bits per heavy atom. The Hall–Kier alpha value is -0.0400. The number of rotatable bonds is 6. The summed E-state index contributed by atoms with van der Waals surface area (Å²) < 4.78 is 0. The predicted molar refractivity (Wildman–Crippen MR) is 75.2 cm³/mol. The fraction of sp³-hybridized carbons (Fsp3) is 1.00. The van der Waals surface area contributed by atoms with Crippen molar-refractivity contribution in [2.75, 3.05) is 0 Å². The van der Waals surface area contributed by atoms with Gasteiger partial charge >= 0.3 is 0 Å². The number of hydrogen-bond donors (Lipinski definition) is 1. The zero-order chi connectivity index (χ0) is 12.1. The minimum atomic E-state index is 0.759. The highest BCUT2D eigenvalue weighted by Crippen LogP contribution is 2.34. The first kappa shape index (κ1) is 13.4. The molecule has 0 aromatic rings. The monoisotopic (exact) mass is 237 g/mol. The Morgan fingerprint density at radius 3 is 2.47 bits per heavy atom. The molecule has 17 heavy (non-hydrogen) atoms. The van der Waals surface area contributed by atoms with Crippen LogP contribution in [0.1, 0.15) is 78.1 Å². The van der Waals surface area contributed by atoms with E-state index in [1.165, 1.54) is 64.2 Å². The van der Waals surface area contributed by atoms with Gasteiger partial charge in [0.2, 0.25) is 0 Å². The van der Waals surface area contributed by atoms with Gasteiger partial charge in [0.1, 0.15) is 0 Å². The van der Waals surface area contributed by atoms with Gasteiger partial charge in [0, 0.05) is 12.1 Å². The molecule has 0 bridgehead atoms. The summed E-state index contributed by atoms with van der Waals surface area (Å²) >= 11 is 0. The Bertz CT molecular complexity index is 210.